The molecule has 2 heteroatoms. The molecule has 0 atom stereocenters. The van der Waals surface area contributed by atoms with Crippen LogP contribution in [0.15, 0.2) is 11.8 Å². The minimum atomic E-state index is 0.00730. The zero-order valence-electron chi connectivity index (χ0n) is 11.1. The van der Waals surface area contributed by atoms with Crippen molar-refractivity contribution in [3.63, 3.8) is 0 Å². The summed E-state index contributed by atoms with van der Waals surface area (Å²) in [6, 6.07) is 0. The van der Waals surface area contributed by atoms with Crippen LogP contribution in [-0.4, -0.2) is 11.3 Å². The van der Waals surface area contributed by atoms with E-state index in [2.05, 4.69) is 39.9 Å². The number of nitrogens with one attached hydrogen (secondary N) is 1. The maximum atomic E-state index is 11.6. The molecule has 0 aromatic carbocycles. The lowest BCUT2D eigenvalue weighted by Crippen LogP contribution is -2.37. The predicted molar refractivity (Wildman–Crippen MR) is 65.7 cm³/mol. The Morgan fingerprint density at radius 2 is 1.53 bits per heavy atom. The number of ketones is 1. The Bertz CT molecular complexity index is 244. The fourth-order valence-electron chi connectivity index (χ4n) is 1.10. The van der Waals surface area contributed by atoms with Gasteiger partial charge in [-0.15, -0.1) is 0 Å². The van der Waals surface area contributed by atoms with Crippen molar-refractivity contribution in [2.45, 2.75) is 54.0 Å². The lowest BCUT2D eigenvalue weighted by molar-refractivity contribution is -0.117. The van der Waals surface area contributed by atoms with Gasteiger partial charge in [-0.3, -0.25) is 4.79 Å². The Kier molecular flexibility index (Phi) is 5.06. The minimum Gasteiger partial charge on any atom is -0.383 e. The van der Waals surface area contributed by atoms with Crippen molar-refractivity contribution < 1.29 is 4.79 Å². The lowest BCUT2D eigenvalue weighted by atomic mass is 10.0. The van der Waals surface area contributed by atoms with Crippen LogP contribution in [0, 0.1) is 11.8 Å². The summed E-state index contributed by atoms with van der Waals surface area (Å²) in [6.07, 6.45) is 1.75. The third kappa shape index (κ3) is 6.32. The summed E-state index contributed by atoms with van der Waals surface area (Å²) in [7, 11) is 0. The molecule has 0 saturated heterocycles. The van der Waals surface area contributed by atoms with Crippen molar-refractivity contribution >= 4 is 5.78 Å². The molecule has 0 amide bonds. The summed E-state index contributed by atoms with van der Waals surface area (Å²) in [5.41, 5.74) is 1.04. The van der Waals surface area contributed by atoms with E-state index in [0.29, 0.717) is 5.92 Å². The Morgan fingerprint density at radius 1 is 1.07 bits per heavy atom. The van der Waals surface area contributed by atoms with Gasteiger partial charge < -0.3 is 5.32 Å². The molecule has 0 aromatic rings. The highest BCUT2D eigenvalue weighted by molar-refractivity contribution is 5.91. The highest BCUT2D eigenvalue weighted by atomic mass is 16.1. The van der Waals surface area contributed by atoms with Gasteiger partial charge >= 0.3 is 0 Å². The highest BCUT2D eigenvalue weighted by Gasteiger charge is 2.15. The molecule has 0 aliphatic heterocycles. The zero-order chi connectivity index (χ0) is 12.2. The molecule has 15 heavy (non-hydrogen) atoms. The molecular formula is C13H25NO. The van der Waals surface area contributed by atoms with Crippen molar-refractivity contribution in [2.75, 3.05) is 0 Å². The van der Waals surface area contributed by atoms with Crippen molar-refractivity contribution in [3.8, 4) is 0 Å². The van der Waals surface area contributed by atoms with Crippen molar-refractivity contribution in [1.29, 1.82) is 0 Å². The first-order valence-corrected chi connectivity index (χ1v) is 5.67. The second kappa shape index (κ2) is 5.34. The summed E-state index contributed by atoms with van der Waals surface area (Å²) >= 11 is 0. The third-order valence-corrected chi connectivity index (χ3v) is 2.01. The van der Waals surface area contributed by atoms with Crippen molar-refractivity contribution in [1.82, 2.24) is 5.32 Å². The first kappa shape index (κ1) is 14.2. The van der Waals surface area contributed by atoms with Crippen molar-refractivity contribution in [3.05, 3.63) is 11.8 Å². The first-order chi connectivity index (χ1) is 6.63. The fourth-order valence-corrected chi connectivity index (χ4v) is 1.10. The molecule has 1 N–H and O–H groups in total. The first-order valence-electron chi connectivity index (χ1n) is 5.67. The van der Waals surface area contributed by atoms with Crippen LogP contribution in [0.4, 0.5) is 0 Å². The van der Waals surface area contributed by atoms with Crippen LogP contribution < -0.4 is 5.32 Å². The zero-order valence-corrected chi connectivity index (χ0v) is 11.1. The number of carbonyl (C=O) groups excluding carboxylic acids is 1. The average molecular weight is 211 g/mol. The molecule has 0 radical (unpaired) electrons. The quantitative estimate of drug-likeness (QED) is 0.724. The number of hydrogen-bond acceptors (Lipinski definition) is 2. The summed E-state index contributed by atoms with van der Waals surface area (Å²) < 4.78 is 0. The molecule has 0 aliphatic carbocycles. The normalized spacial score (nSPS) is 13.5. The monoisotopic (exact) mass is 211 g/mol. The van der Waals surface area contributed by atoms with Gasteiger partial charge in [0.2, 0.25) is 0 Å². The van der Waals surface area contributed by atoms with Crippen LogP contribution in [0.5, 0.6) is 0 Å². The summed E-state index contributed by atoms with van der Waals surface area (Å²) in [5.74, 6) is 0.614. The molecule has 0 aliphatic rings. The number of carbonyl (C=O) groups is 1. The van der Waals surface area contributed by atoms with Gasteiger partial charge in [-0.25, -0.2) is 0 Å². The van der Waals surface area contributed by atoms with Crippen LogP contribution >= 0.6 is 0 Å². The highest BCUT2D eigenvalue weighted by Crippen LogP contribution is 2.13. The average Bonchev–Trinajstić information content (AvgIpc) is 1.99. The molecule has 0 bridgehead atoms. The van der Waals surface area contributed by atoms with E-state index in [0.717, 1.165) is 5.70 Å². The Labute approximate surface area is 94.1 Å². The Balaban J connectivity index is 4.75. The van der Waals surface area contributed by atoms with E-state index < -0.39 is 0 Å². The maximum absolute atomic E-state index is 11.6. The SMILES string of the molecule is CC(C)C(=O)C=C(NC(C)(C)C)C(C)C. The van der Waals surface area contributed by atoms with E-state index >= 15 is 0 Å². The topological polar surface area (TPSA) is 29.1 Å². The van der Waals surface area contributed by atoms with Gasteiger partial charge in [0.15, 0.2) is 5.78 Å². The maximum Gasteiger partial charge on any atom is 0.159 e. The Hall–Kier alpha value is -0.790. The second-order valence-electron chi connectivity index (χ2n) is 5.69. The molecule has 0 heterocycles. The van der Waals surface area contributed by atoms with Gasteiger partial charge in [-0.1, -0.05) is 27.7 Å². The van der Waals surface area contributed by atoms with Gasteiger partial charge in [0.05, 0.1) is 0 Å². The van der Waals surface area contributed by atoms with E-state index in [1.54, 1.807) is 6.08 Å². The van der Waals surface area contributed by atoms with Crippen LogP contribution in [-0.2, 0) is 4.79 Å². The van der Waals surface area contributed by atoms with E-state index in [4.69, 9.17) is 0 Å². The largest absolute Gasteiger partial charge is 0.383 e. The van der Waals surface area contributed by atoms with Gasteiger partial charge in [0.25, 0.3) is 0 Å². The molecule has 0 aromatic heterocycles. The van der Waals surface area contributed by atoms with E-state index in [1.165, 1.54) is 0 Å². The van der Waals surface area contributed by atoms with Crippen LogP contribution in [0.3, 0.4) is 0 Å². The van der Waals surface area contributed by atoms with Crippen LogP contribution in [0.1, 0.15) is 48.5 Å². The van der Waals surface area contributed by atoms with Crippen LogP contribution in [0.25, 0.3) is 0 Å². The fraction of sp³-hybridized carbons (Fsp3) is 0.769. The third-order valence-electron chi connectivity index (χ3n) is 2.01. The molecule has 2 nitrogen and oxygen atoms in total. The molecular weight excluding hydrogens is 186 g/mol. The number of hydrogen-bond donors (Lipinski definition) is 1. The van der Waals surface area contributed by atoms with Gasteiger partial charge in [0, 0.05) is 23.2 Å². The molecule has 0 rings (SSSR count). The number of allylic oxidation sites excluding steroid dienone is 2. The minimum absolute atomic E-state index is 0.00730. The van der Waals surface area contributed by atoms with E-state index in [1.807, 2.05) is 13.8 Å². The standard InChI is InChI=1S/C13H25NO/c1-9(2)11(14-13(5,6)7)8-12(15)10(3)4/h8-10,14H,1-7H3. The van der Waals surface area contributed by atoms with E-state index in [-0.39, 0.29) is 17.2 Å². The van der Waals surface area contributed by atoms with Gasteiger partial charge in [-0.2, -0.15) is 0 Å². The van der Waals surface area contributed by atoms with E-state index in [9.17, 15) is 4.79 Å². The van der Waals surface area contributed by atoms with Crippen molar-refractivity contribution in [2.24, 2.45) is 11.8 Å². The molecule has 0 spiro atoms. The lowest BCUT2D eigenvalue weighted by Gasteiger charge is -2.26. The molecule has 0 unspecified atom stereocenters. The molecule has 0 saturated carbocycles. The smallest absolute Gasteiger partial charge is 0.159 e. The summed E-state index contributed by atoms with van der Waals surface area (Å²) in [4.78, 5) is 11.6. The second-order valence-corrected chi connectivity index (χ2v) is 5.69. The molecule has 0 fully saturated rings. The van der Waals surface area contributed by atoms with Gasteiger partial charge in [0.1, 0.15) is 0 Å². The summed E-state index contributed by atoms with van der Waals surface area (Å²) in [5, 5.41) is 3.38. The predicted octanol–water partition coefficient (Wildman–Crippen LogP) is 3.14. The number of rotatable bonds is 4. The summed E-state index contributed by atoms with van der Waals surface area (Å²) in [6.45, 7) is 14.3. The Morgan fingerprint density at radius 3 is 1.80 bits per heavy atom. The van der Waals surface area contributed by atoms with Crippen LogP contribution in [0.2, 0.25) is 0 Å². The molecule has 88 valence electrons. The van der Waals surface area contributed by atoms with Gasteiger partial charge in [-0.05, 0) is 26.7 Å².